The molecule has 3 aromatic rings. The van der Waals surface area contributed by atoms with Crippen LogP contribution < -0.4 is 9.47 Å². The Morgan fingerprint density at radius 3 is 2.45 bits per heavy atom. The Hall–Kier alpha value is -2.34. The lowest BCUT2D eigenvalue weighted by Gasteiger charge is -2.15. The van der Waals surface area contributed by atoms with Crippen molar-refractivity contribution >= 4 is 34.5 Å². The molecule has 0 heterocycles. The minimum absolute atomic E-state index is 0.506. The predicted molar refractivity (Wildman–Crippen MR) is 129 cm³/mol. The molecule has 0 aliphatic heterocycles. The maximum atomic E-state index is 6.12. The van der Waals surface area contributed by atoms with E-state index in [0.29, 0.717) is 13.2 Å². The van der Waals surface area contributed by atoms with E-state index < -0.39 is 0 Å². The molecule has 0 unspecified atom stereocenters. The van der Waals surface area contributed by atoms with Crippen molar-refractivity contribution < 1.29 is 9.47 Å². The molecule has 3 aromatic carbocycles. The first kappa shape index (κ1) is 21.4. The molecule has 0 fully saturated rings. The van der Waals surface area contributed by atoms with Gasteiger partial charge in [0.2, 0.25) is 0 Å². The van der Waals surface area contributed by atoms with E-state index in [2.05, 4.69) is 84.8 Å². The zero-order chi connectivity index (χ0) is 20.8. The van der Waals surface area contributed by atoms with Gasteiger partial charge in [-0.2, -0.15) is 0 Å². The van der Waals surface area contributed by atoms with Crippen molar-refractivity contribution in [2.45, 2.75) is 34.3 Å². The van der Waals surface area contributed by atoms with Crippen LogP contribution in [0.2, 0.25) is 0 Å². The number of halogens is 1. The van der Waals surface area contributed by atoms with Gasteiger partial charge in [0.15, 0.2) is 11.5 Å². The van der Waals surface area contributed by atoms with Crippen LogP contribution in [0.25, 0.3) is 0 Å². The summed E-state index contributed by atoms with van der Waals surface area (Å²) in [6.07, 6.45) is 1.89. The molecule has 0 aliphatic rings. The summed E-state index contributed by atoms with van der Waals surface area (Å²) in [7, 11) is 0. The molecule has 0 atom stereocenters. The zero-order valence-corrected chi connectivity index (χ0v) is 19.5. The lowest BCUT2D eigenvalue weighted by Crippen LogP contribution is -2.02. The van der Waals surface area contributed by atoms with E-state index in [1.165, 1.54) is 16.7 Å². The number of ether oxygens (including phenoxy) is 2. The first-order chi connectivity index (χ1) is 14.0. The third kappa shape index (κ3) is 5.60. The van der Waals surface area contributed by atoms with E-state index >= 15 is 0 Å². The summed E-state index contributed by atoms with van der Waals surface area (Å²) in [5.41, 5.74) is 6.78. The summed E-state index contributed by atoms with van der Waals surface area (Å²) >= 11 is 2.30. The highest BCUT2D eigenvalue weighted by Crippen LogP contribution is 2.35. The Balaban J connectivity index is 1.84. The molecular formula is C25H26INO2. The Kier molecular flexibility index (Phi) is 7.31. The molecule has 0 amide bonds. The average molecular weight is 499 g/mol. The molecule has 0 N–H and O–H groups in total. The number of hydrogen-bond donors (Lipinski definition) is 0. The standard InChI is InChI=1S/C25H26INO2/c1-5-28-24-14-21(15-27-23-8-6-7-18(3)19(23)4)13-22(26)25(24)29-16-20-11-9-17(2)10-12-20/h6-15H,5,16H2,1-4H3. The van der Waals surface area contributed by atoms with Gasteiger partial charge in [-0.05, 0) is 90.7 Å². The summed E-state index contributed by atoms with van der Waals surface area (Å²) < 4.78 is 13.0. The fraction of sp³-hybridized carbons (Fsp3) is 0.240. The summed E-state index contributed by atoms with van der Waals surface area (Å²) in [5, 5.41) is 0. The molecule has 150 valence electrons. The van der Waals surface area contributed by atoms with Crippen molar-refractivity contribution in [3.63, 3.8) is 0 Å². The molecule has 0 bridgehead atoms. The molecule has 0 aliphatic carbocycles. The maximum Gasteiger partial charge on any atom is 0.175 e. The molecule has 0 aromatic heterocycles. The quantitative estimate of drug-likeness (QED) is 0.260. The van der Waals surface area contributed by atoms with Gasteiger partial charge in [0, 0.05) is 6.21 Å². The monoisotopic (exact) mass is 499 g/mol. The third-order valence-corrected chi connectivity index (χ3v) is 5.57. The van der Waals surface area contributed by atoms with Gasteiger partial charge < -0.3 is 9.47 Å². The van der Waals surface area contributed by atoms with Gasteiger partial charge >= 0.3 is 0 Å². The van der Waals surface area contributed by atoms with Gasteiger partial charge in [-0.3, -0.25) is 4.99 Å². The van der Waals surface area contributed by atoms with Crippen LogP contribution in [0, 0.1) is 24.3 Å². The van der Waals surface area contributed by atoms with Crippen molar-refractivity contribution in [3.8, 4) is 11.5 Å². The van der Waals surface area contributed by atoms with Crippen LogP contribution >= 0.6 is 22.6 Å². The smallest absolute Gasteiger partial charge is 0.175 e. The fourth-order valence-electron chi connectivity index (χ4n) is 2.92. The summed E-state index contributed by atoms with van der Waals surface area (Å²) in [4.78, 5) is 4.69. The van der Waals surface area contributed by atoms with Crippen molar-refractivity contribution in [1.82, 2.24) is 0 Å². The largest absolute Gasteiger partial charge is 0.490 e. The van der Waals surface area contributed by atoms with Gasteiger partial charge in [0.1, 0.15) is 6.61 Å². The second kappa shape index (κ2) is 9.92. The number of aliphatic imine (C=N–C) groups is 1. The van der Waals surface area contributed by atoms with Crippen LogP contribution in [0.15, 0.2) is 59.6 Å². The summed E-state index contributed by atoms with van der Waals surface area (Å²) in [6, 6.07) is 18.6. The number of aryl methyl sites for hydroxylation is 2. The highest BCUT2D eigenvalue weighted by atomic mass is 127. The van der Waals surface area contributed by atoms with Gasteiger partial charge in [0.25, 0.3) is 0 Å². The van der Waals surface area contributed by atoms with Crippen LogP contribution in [-0.2, 0) is 6.61 Å². The molecule has 29 heavy (non-hydrogen) atoms. The highest BCUT2D eigenvalue weighted by molar-refractivity contribution is 14.1. The van der Waals surface area contributed by atoms with Crippen LogP contribution in [0.1, 0.15) is 34.7 Å². The molecule has 3 rings (SSSR count). The number of hydrogen-bond acceptors (Lipinski definition) is 3. The van der Waals surface area contributed by atoms with Gasteiger partial charge in [-0.15, -0.1) is 0 Å². The molecule has 0 saturated carbocycles. The van der Waals surface area contributed by atoms with E-state index in [1.54, 1.807) is 0 Å². The average Bonchev–Trinajstić information content (AvgIpc) is 2.70. The van der Waals surface area contributed by atoms with Crippen LogP contribution in [0.4, 0.5) is 5.69 Å². The van der Waals surface area contributed by atoms with Gasteiger partial charge in [-0.1, -0.05) is 42.0 Å². The number of nitrogens with zero attached hydrogens (tertiary/aromatic N) is 1. The van der Waals surface area contributed by atoms with Crippen LogP contribution in [-0.4, -0.2) is 12.8 Å². The molecule has 0 radical (unpaired) electrons. The predicted octanol–water partition coefficient (Wildman–Crippen LogP) is 6.94. The van der Waals surface area contributed by atoms with Crippen molar-refractivity contribution in [2.24, 2.45) is 4.99 Å². The minimum atomic E-state index is 0.506. The SMILES string of the molecule is CCOc1cc(C=Nc2cccc(C)c2C)cc(I)c1OCc1ccc(C)cc1. The second-order valence-electron chi connectivity index (χ2n) is 7.01. The zero-order valence-electron chi connectivity index (χ0n) is 17.3. The van der Waals surface area contributed by atoms with Crippen molar-refractivity contribution in [2.75, 3.05) is 6.61 Å². The van der Waals surface area contributed by atoms with E-state index in [0.717, 1.165) is 31.9 Å². The van der Waals surface area contributed by atoms with Crippen molar-refractivity contribution in [1.29, 1.82) is 0 Å². The Bertz CT molecular complexity index is 1010. The van der Waals surface area contributed by atoms with Crippen LogP contribution in [0.5, 0.6) is 11.5 Å². The lowest BCUT2D eigenvalue weighted by molar-refractivity contribution is 0.267. The van der Waals surface area contributed by atoms with Crippen molar-refractivity contribution in [3.05, 3.63) is 86.0 Å². The molecule has 0 spiro atoms. The maximum absolute atomic E-state index is 6.12. The lowest BCUT2D eigenvalue weighted by atomic mass is 10.1. The van der Waals surface area contributed by atoms with E-state index in [9.17, 15) is 0 Å². The first-order valence-corrected chi connectivity index (χ1v) is 10.8. The summed E-state index contributed by atoms with van der Waals surface area (Å²) in [6.45, 7) is 9.34. The summed E-state index contributed by atoms with van der Waals surface area (Å²) in [5.74, 6) is 1.52. The Morgan fingerprint density at radius 2 is 1.72 bits per heavy atom. The molecule has 3 nitrogen and oxygen atoms in total. The van der Waals surface area contributed by atoms with E-state index in [1.807, 2.05) is 31.3 Å². The first-order valence-electron chi connectivity index (χ1n) is 9.73. The number of rotatable bonds is 7. The normalized spacial score (nSPS) is 11.1. The molecular weight excluding hydrogens is 473 g/mol. The molecule has 4 heteroatoms. The van der Waals surface area contributed by atoms with E-state index in [4.69, 9.17) is 9.47 Å². The van der Waals surface area contributed by atoms with Crippen LogP contribution in [0.3, 0.4) is 0 Å². The fourth-order valence-corrected chi connectivity index (χ4v) is 3.71. The number of benzene rings is 3. The second-order valence-corrected chi connectivity index (χ2v) is 8.18. The van der Waals surface area contributed by atoms with Gasteiger partial charge in [-0.25, -0.2) is 0 Å². The highest BCUT2D eigenvalue weighted by Gasteiger charge is 2.12. The minimum Gasteiger partial charge on any atom is -0.490 e. The topological polar surface area (TPSA) is 30.8 Å². The Labute approximate surface area is 186 Å². The Morgan fingerprint density at radius 1 is 0.966 bits per heavy atom. The van der Waals surface area contributed by atoms with Gasteiger partial charge in [0.05, 0.1) is 15.9 Å². The van der Waals surface area contributed by atoms with E-state index in [-0.39, 0.29) is 0 Å². The third-order valence-electron chi connectivity index (χ3n) is 4.76. The molecule has 0 saturated heterocycles.